The molecule has 1 rings (SSSR count). The lowest BCUT2D eigenvalue weighted by Crippen LogP contribution is -2.18. The molecule has 0 fully saturated rings. The Kier molecular flexibility index (Phi) is 4.59. The first-order chi connectivity index (χ1) is 8.24. The minimum atomic E-state index is -4.85. The van der Waals surface area contributed by atoms with Crippen LogP contribution in [0.3, 0.4) is 0 Å². The number of carboxylic acids is 1. The van der Waals surface area contributed by atoms with Gasteiger partial charge in [-0.2, -0.15) is 0 Å². The van der Waals surface area contributed by atoms with Crippen molar-refractivity contribution >= 4 is 28.6 Å². The van der Waals surface area contributed by atoms with Gasteiger partial charge in [0.25, 0.3) is 0 Å². The standard InChI is InChI=1S/C9H7F3INO4/c1-17-8-4(2-6(15)16)14-3-5(7(8)13)18-9(10,11)12/h3H,2H2,1H3,(H,15,16). The lowest BCUT2D eigenvalue weighted by molar-refractivity contribution is -0.275. The van der Waals surface area contributed by atoms with Crippen LogP contribution in [0.1, 0.15) is 5.69 Å². The largest absolute Gasteiger partial charge is 0.573 e. The Morgan fingerprint density at radius 1 is 1.56 bits per heavy atom. The molecule has 18 heavy (non-hydrogen) atoms. The SMILES string of the molecule is COc1c(CC(=O)O)ncc(OC(F)(F)F)c1I. The summed E-state index contributed by atoms with van der Waals surface area (Å²) in [7, 11) is 1.21. The second-order valence-corrected chi connectivity index (χ2v) is 4.11. The van der Waals surface area contributed by atoms with Crippen molar-refractivity contribution in [2.24, 2.45) is 0 Å². The van der Waals surface area contributed by atoms with Crippen LogP contribution in [0, 0.1) is 3.57 Å². The van der Waals surface area contributed by atoms with E-state index in [0.717, 1.165) is 6.20 Å². The van der Waals surface area contributed by atoms with Crippen molar-refractivity contribution in [1.29, 1.82) is 0 Å². The average Bonchev–Trinajstić information content (AvgIpc) is 2.20. The van der Waals surface area contributed by atoms with E-state index in [1.165, 1.54) is 7.11 Å². The number of halogens is 4. The van der Waals surface area contributed by atoms with Crippen LogP contribution in [0.25, 0.3) is 0 Å². The van der Waals surface area contributed by atoms with Gasteiger partial charge in [0.2, 0.25) is 0 Å². The monoisotopic (exact) mass is 377 g/mol. The molecule has 100 valence electrons. The molecule has 0 saturated heterocycles. The number of carbonyl (C=O) groups is 1. The fourth-order valence-electron chi connectivity index (χ4n) is 1.16. The maximum Gasteiger partial charge on any atom is 0.573 e. The molecular formula is C9H7F3INO4. The Morgan fingerprint density at radius 2 is 2.17 bits per heavy atom. The van der Waals surface area contributed by atoms with E-state index in [1.54, 1.807) is 22.6 Å². The van der Waals surface area contributed by atoms with Gasteiger partial charge in [-0.05, 0) is 22.6 Å². The Balaban J connectivity index is 3.15. The van der Waals surface area contributed by atoms with Gasteiger partial charge in [-0.3, -0.25) is 9.78 Å². The number of hydrogen-bond donors (Lipinski definition) is 1. The van der Waals surface area contributed by atoms with Crippen molar-refractivity contribution in [3.63, 3.8) is 0 Å². The molecule has 0 radical (unpaired) electrons. The molecule has 1 aromatic rings. The van der Waals surface area contributed by atoms with Crippen LogP contribution in [0.5, 0.6) is 11.5 Å². The summed E-state index contributed by atoms with van der Waals surface area (Å²) in [6, 6.07) is 0. The molecule has 0 spiro atoms. The molecule has 1 N–H and O–H groups in total. The minimum Gasteiger partial charge on any atom is -0.494 e. The van der Waals surface area contributed by atoms with Gasteiger partial charge in [-0.15, -0.1) is 13.2 Å². The number of pyridine rings is 1. The molecule has 0 aromatic carbocycles. The summed E-state index contributed by atoms with van der Waals surface area (Å²) in [6.45, 7) is 0. The fourth-order valence-corrected chi connectivity index (χ4v) is 1.94. The first-order valence-electron chi connectivity index (χ1n) is 4.43. The van der Waals surface area contributed by atoms with Gasteiger partial charge in [0.05, 0.1) is 25.4 Å². The maximum absolute atomic E-state index is 12.1. The van der Waals surface area contributed by atoms with Crippen LogP contribution in [-0.2, 0) is 11.2 Å². The zero-order chi connectivity index (χ0) is 13.9. The summed E-state index contributed by atoms with van der Waals surface area (Å²) in [6.07, 6.45) is -4.48. The van der Waals surface area contributed by atoms with Crippen molar-refractivity contribution in [2.45, 2.75) is 12.8 Å². The molecule has 5 nitrogen and oxygen atoms in total. The Hall–Kier alpha value is -1.26. The lowest BCUT2D eigenvalue weighted by Gasteiger charge is -2.14. The number of carboxylic acid groups (broad SMARTS) is 1. The van der Waals surface area contributed by atoms with Gasteiger partial charge in [-0.1, -0.05) is 0 Å². The predicted octanol–water partition coefficient (Wildman–Crippen LogP) is 2.22. The fraction of sp³-hybridized carbons (Fsp3) is 0.333. The van der Waals surface area contributed by atoms with Crippen LogP contribution in [0.2, 0.25) is 0 Å². The Bertz CT molecular complexity index is 464. The number of aliphatic carboxylic acids is 1. The molecule has 0 aliphatic carbocycles. The van der Waals surface area contributed by atoms with E-state index >= 15 is 0 Å². The number of ether oxygens (including phenoxy) is 2. The van der Waals surface area contributed by atoms with Crippen LogP contribution in [0.4, 0.5) is 13.2 Å². The normalized spacial score (nSPS) is 11.2. The van der Waals surface area contributed by atoms with E-state index in [4.69, 9.17) is 9.84 Å². The third kappa shape index (κ3) is 3.89. The summed E-state index contributed by atoms with van der Waals surface area (Å²) in [4.78, 5) is 14.2. The van der Waals surface area contributed by atoms with E-state index in [9.17, 15) is 18.0 Å². The van der Waals surface area contributed by atoms with Gasteiger partial charge in [-0.25, -0.2) is 0 Å². The van der Waals surface area contributed by atoms with Gasteiger partial charge in [0.1, 0.15) is 3.57 Å². The third-order valence-electron chi connectivity index (χ3n) is 1.76. The highest BCUT2D eigenvalue weighted by molar-refractivity contribution is 14.1. The van der Waals surface area contributed by atoms with Crippen molar-refractivity contribution in [3.05, 3.63) is 15.5 Å². The third-order valence-corrected chi connectivity index (χ3v) is 2.79. The molecule has 9 heteroatoms. The van der Waals surface area contributed by atoms with Gasteiger partial charge in [0, 0.05) is 0 Å². The summed E-state index contributed by atoms with van der Waals surface area (Å²) in [5, 5.41) is 8.62. The zero-order valence-electron chi connectivity index (χ0n) is 8.92. The highest BCUT2D eigenvalue weighted by Gasteiger charge is 2.33. The smallest absolute Gasteiger partial charge is 0.494 e. The Morgan fingerprint density at radius 3 is 2.61 bits per heavy atom. The van der Waals surface area contributed by atoms with Gasteiger partial charge >= 0.3 is 12.3 Å². The molecule has 0 saturated carbocycles. The Labute approximate surface area is 113 Å². The summed E-state index contributed by atoms with van der Waals surface area (Å²) >= 11 is 1.57. The minimum absolute atomic E-state index is 0.0127. The van der Waals surface area contributed by atoms with E-state index < -0.39 is 24.5 Å². The van der Waals surface area contributed by atoms with Gasteiger partial charge < -0.3 is 14.6 Å². The first kappa shape index (κ1) is 14.8. The van der Waals surface area contributed by atoms with Crippen molar-refractivity contribution in [1.82, 2.24) is 4.98 Å². The second-order valence-electron chi connectivity index (χ2n) is 3.03. The maximum atomic E-state index is 12.1. The molecule has 0 atom stereocenters. The van der Waals surface area contributed by atoms with Crippen molar-refractivity contribution in [2.75, 3.05) is 7.11 Å². The molecule has 1 heterocycles. The summed E-state index contributed by atoms with van der Waals surface area (Å²) in [5.41, 5.74) is 0.0314. The van der Waals surface area contributed by atoms with Gasteiger partial charge in [0.15, 0.2) is 11.5 Å². The van der Waals surface area contributed by atoms with E-state index in [2.05, 4.69) is 9.72 Å². The molecule has 0 amide bonds. The number of aromatic nitrogens is 1. The topological polar surface area (TPSA) is 68.7 Å². The quantitative estimate of drug-likeness (QED) is 0.816. The van der Waals surface area contributed by atoms with Crippen LogP contribution < -0.4 is 9.47 Å². The molecule has 0 unspecified atom stereocenters. The molecule has 0 aliphatic rings. The van der Waals surface area contributed by atoms with Crippen molar-refractivity contribution in [3.8, 4) is 11.5 Å². The highest BCUT2D eigenvalue weighted by atomic mass is 127. The average molecular weight is 377 g/mol. The number of methoxy groups -OCH3 is 1. The number of nitrogens with zero attached hydrogens (tertiary/aromatic N) is 1. The van der Waals surface area contributed by atoms with Crippen LogP contribution in [0.15, 0.2) is 6.20 Å². The number of rotatable bonds is 4. The van der Waals surface area contributed by atoms with Crippen LogP contribution in [-0.4, -0.2) is 29.5 Å². The lowest BCUT2D eigenvalue weighted by atomic mass is 10.2. The predicted molar refractivity (Wildman–Crippen MR) is 61.5 cm³/mol. The van der Waals surface area contributed by atoms with E-state index in [1.807, 2.05) is 0 Å². The first-order valence-corrected chi connectivity index (χ1v) is 5.51. The molecule has 1 aromatic heterocycles. The molecule has 0 bridgehead atoms. The summed E-state index contributed by atoms with van der Waals surface area (Å²) < 4.78 is 44.8. The van der Waals surface area contributed by atoms with E-state index in [-0.39, 0.29) is 15.0 Å². The number of alkyl halides is 3. The van der Waals surface area contributed by atoms with Crippen LogP contribution >= 0.6 is 22.6 Å². The zero-order valence-corrected chi connectivity index (χ0v) is 11.1. The van der Waals surface area contributed by atoms with Crippen molar-refractivity contribution < 1.29 is 32.5 Å². The summed E-state index contributed by atoms with van der Waals surface area (Å²) in [5.74, 6) is -1.74. The molecular weight excluding hydrogens is 370 g/mol. The molecule has 0 aliphatic heterocycles. The van der Waals surface area contributed by atoms with E-state index in [0.29, 0.717) is 0 Å². The number of hydrogen-bond acceptors (Lipinski definition) is 4. The second kappa shape index (κ2) is 5.59. The highest BCUT2D eigenvalue weighted by Crippen LogP contribution is 2.34.